The van der Waals surface area contributed by atoms with Crippen molar-refractivity contribution < 1.29 is 9.53 Å². The van der Waals surface area contributed by atoms with Crippen LogP contribution in [0.2, 0.25) is 0 Å². The lowest BCUT2D eigenvalue weighted by Crippen LogP contribution is -2.36. The molecule has 4 heteroatoms. The highest BCUT2D eigenvalue weighted by atomic mass is 16.5. The van der Waals surface area contributed by atoms with E-state index in [4.69, 9.17) is 10.00 Å². The van der Waals surface area contributed by atoms with Gasteiger partial charge in [-0.05, 0) is 31.2 Å². The number of ether oxygens (including phenoxy) is 1. The van der Waals surface area contributed by atoms with Crippen LogP contribution < -0.4 is 4.74 Å². The van der Waals surface area contributed by atoms with Crippen LogP contribution in [0.1, 0.15) is 28.4 Å². The number of nitriles is 1. The van der Waals surface area contributed by atoms with E-state index < -0.39 is 0 Å². The predicted molar refractivity (Wildman–Crippen MR) is 82.4 cm³/mol. The van der Waals surface area contributed by atoms with Gasteiger partial charge in [0.1, 0.15) is 11.9 Å². The van der Waals surface area contributed by atoms with Gasteiger partial charge in [-0.25, -0.2) is 0 Å². The van der Waals surface area contributed by atoms with Crippen molar-refractivity contribution in [1.29, 1.82) is 5.26 Å². The lowest BCUT2D eigenvalue weighted by Gasteiger charge is -2.22. The van der Waals surface area contributed by atoms with Crippen LogP contribution in [0.15, 0.2) is 48.5 Å². The van der Waals surface area contributed by atoms with E-state index in [1.54, 1.807) is 29.2 Å². The first kappa shape index (κ1) is 14.2. The SMILES string of the molecule is CC1CN(C(=O)c2cccc(C#N)c2)Cc2ccccc2O1. The number of carbonyl (C=O) groups excluding carboxylic acids is 1. The first-order valence-corrected chi connectivity index (χ1v) is 7.21. The molecular formula is C18H16N2O2. The first-order valence-electron chi connectivity index (χ1n) is 7.21. The molecule has 0 saturated heterocycles. The predicted octanol–water partition coefficient (Wildman–Crippen LogP) is 2.98. The molecule has 110 valence electrons. The number of hydrogen-bond acceptors (Lipinski definition) is 3. The summed E-state index contributed by atoms with van der Waals surface area (Å²) < 4.78 is 5.87. The van der Waals surface area contributed by atoms with E-state index in [0.29, 0.717) is 24.2 Å². The largest absolute Gasteiger partial charge is 0.489 e. The van der Waals surface area contributed by atoms with Gasteiger partial charge in [-0.2, -0.15) is 5.26 Å². The van der Waals surface area contributed by atoms with Crippen LogP contribution >= 0.6 is 0 Å². The molecule has 1 heterocycles. The van der Waals surface area contributed by atoms with Crippen molar-refractivity contribution >= 4 is 5.91 Å². The molecule has 1 aliphatic rings. The van der Waals surface area contributed by atoms with Crippen LogP contribution in [0, 0.1) is 11.3 Å². The maximum absolute atomic E-state index is 12.7. The third kappa shape index (κ3) is 2.79. The van der Waals surface area contributed by atoms with E-state index in [1.165, 1.54) is 0 Å². The van der Waals surface area contributed by atoms with Gasteiger partial charge in [-0.15, -0.1) is 0 Å². The summed E-state index contributed by atoms with van der Waals surface area (Å²) in [6, 6.07) is 16.6. The molecule has 0 fully saturated rings. The molecule has 1 atom stereocenters. The van der Waals surface area contributed by atoms with Crippen molar-refractivity contribution in [2.24, 2.45) is 0 Å². The van der Waals surface area contributed by atoms with E-state index in [-0.39, 0.29) is 12.0 Å². The normalized spacial score (nSPS) is 16.9. The molecule has 0 aliphatic carbocycles. The average molecular weight is 292 g/mol. The van der Waals surface area contributed by atoms with Gasteiger partial charge in [0.25, 0.3) is 5.91 Å². The Balaban J connectivity index is 1.91. The van der Waals surface area contributed by atoms with Gasteiger partial charge in [-0.3, -0.25) is 4.79 Å². The highest BCUT2D eigenvalue weighted by Crippen LogP contribution is 2.25. The van der Waals surface area contributed by atoms with Crippen molar-refractivity contribution in [1.82, 2.24) is 4.90 Å². The smallest absolute Gasteiger partial charge is 0.254 e. The zero-order valence-electron chi connectivity index (χ0n) is 12.3. The molecule has 0 spiro atoms. The Kier molecular flexibility index (Phi) is 3.80. The minimum atomic E-state index is -0.0794. The van der Waals surface area contributed by atoms with E-state index in [0.717, 1.165) is 11.3 Å². The molecule has 0 bridgehead atoms. The molecule has 3 rings (SSSR count). The summed E-state index contributed by atoms with van der Waals surface area (Å²) >= 11 is 0. The fraction of sp³-hybridized carbons (Fsp3) is 0.222. The molecule has 0 radical (unpaired) electrons. The number of nitrogens with zero attached hydrogens (tertiary/aromatic N) is 2. The second kappa shape index (κ2) is 5.90. The van der Waals surface area contributed by atoms with Crippen molar-refractivity contribution in [3.8, 4) is 11.8 Å². The van der Waals surface area contributed by atoms with E-state index in [2.05, 4.69) is 6.07 Å². The van der Waals surface area contributed by atoms with Crippen LogP contribution in [0.25, 0.3) is 0 Å². The molecule has 1 aliphatic heterocycles. The van der Waals surface area contributed by atoms with Gasteiger partial charge in [0.15, 0.2) is 0 Å². The lowest BCUT2D eigenvalue weighted by atomic mass is 10.1. The van der Waals surface area contributed by atoms with Crippen molar-refractivity contribution in [3.63, 3.8) is 0 Å². The number of para-hydroxylation sites is 1. The second-order valence-electron chi connectivity index (χ2n) is 5.41. The second-order valence-corrected chi connectivity index (χ2v) is 5.41. The Morgan fingerprint density at radius 3 is 2.91 bits per heavy atom. The highest BCUT2D eigenvalue weighted by molar-refractivity contribution is 5.94. The molecule has 22 heavy (non-hydrogen) atoms. The van der Waals surface area contributed by atoms with Crippen LogP contribution in [0.5, 0.6) is 5.75 Å². The Morgan fingerprint density at radius 2 is 2.09 bits per heavy atom. The van der Waals surface area contributed by atoms with Crippen LogP contribution in [0.3, 0.4) is 0 Å². The third-order valence-electron chi connectivity index (χ3n) is 3.67. The standard InChI is InChI=1S/C18H16N2O2/c1-13-11-20(12-16-6-2-3-8-17(16)22-13)18(21)15-7-4-5-14(9-15)10-19/h2-9,13H,11-12H2,1H3. The Labute approximate surface area is 129 Å². The fourth-order valence-corrected chi connectivity index (χ4v) is 2.64. The van der Waals surface area contributed by atoms with Gasteiger partial charge >= 0.3 is 0 Å². The summed E-state index contributed by atoms with van der Waals surface area (Å²) in [7, 11) is 0. The molecule has 1 amide bonds. The van der Waals surface area contributed by atoms with Crippen molar-refractivity contribution in [3.05, 3.63) is 65.2 Å². The Morgan fingerprint density at radius 1 is 1.27 bits per heavy atom. The molecule has 0 saturated carbocycles. The number of amides is 1. The fourth-order valence-electron chi connectivity index (χ4n) is 2.64. The van der Waals surface area contributed by atoms with Crippen LogP contribution in [-0.2, 0) is 6.54 Å². The maximum atomic E-state index is 12.7. The molecular weight excluding hydrogens is 276 g/mol. The lowest BCUT2D eigenvalue weighted by molar-refractivity contribution is 0.0690. The van der Waals surface area contributed by atoms with Gasteiger partial charge < -0.3 is 9.64 Å². The topological polar surface area (TPSA) is 53.3 Å². The third-order valence-corrected chi connectivity index (χ3v) is 3.67. The first-order chi connectivity index (χ1) is 10.7. The molecule has 2 aromatic carbocycles. The molecule has 0 N–H and O–H groups in total. The van der Waals surface area contributed by atoms with Crippen LogP contribution in [0.4, 0.5) is 0 Å². The summed E-state index contributed by atoms with van der Waals surface area (Å²) in [5.74, 6) is 0.750. The Bertz CT molecular complexity index is 749. The zero-order chi connectivity index (χ0) is 15.5. The van der Waals surface area contributed by atoms with E-state index in [1.807, 2.05) is 31.2 Å². The van der Waals surface area contributed by atoms with E-state index in [9.17, 15) is 4.79 Å². The molecule has 1 unspecified atom stereocenters. The highest BCUT2D eigenvalue weighted by Gasteiger charge is 2.24. The Hall–Kier alpha value is -2.80. The maximum Gasteiger partial charge on any atom is 0.254 e. The van der Waals surface area contributed by atoms with Gasteiger partial charge in [-0.1, -0.05) is 24.3 Å². The number of benzene rings is 2. The summed E-state index contributed by atoms with van der Waals surface area (Å²) in [6.07, 6.45) is -0.0771. The molecule has 2 aromatic rings. The van der Waals surface area contributed by atoms with Gasteiger partial charge in [0.2, 0.25) is 0 Å². The zero-order valence-corrected chi connectivity index (χ0v) is 12.3. The number of carbonyl (C=O) groups is 1. The summed E-state index contributed by atoms with van der Waals surface area (Å²) in [6.45, 7) is 2.98. The summed E-state index contributed by atoms with van der Waals surface area (Å²) in [5, 5.41) is 8.98. The van der Waals surface area contributed by atoms with Crippen molar-refractivity contribution in [2.75, 3.05) is 6.54 Å². The summed E-state index contributed by atoms with van der Waals surface area (Å²) in [4.78, 5) is 14.5. The molecule has 0 aromatic heterocycles. The van der Waals surface area contributed by atoms with Gasteiger partial charge in [0.05, 0.1) is 18.2 Å². The van der Waals surface area contributed by atoms with Crippen LogP contribution in [-0.4, -0.2) is 23.5 Å². The number of fused-ring (bicyclic) bond motifs is 1. The molecule has 4 nitrogen and oxygen atoms in total. The van der Waals surface area contributed by atoms with Gasteiger partial charge in [0, 0.05) is 17.7 Å². The summed E-state index contributed by atoms with van der Waals surface area (Å²) in [5.41, 5.74) is 2.02. The quantitative estimate of drug-likeness (QED) is 0.812. The van der Waals surface area contributed by atoms with Crippen molar-refractivity contribution in [2.45, 2.75) is 19.6 Å². The monoisotopic (exact) mass is 292 g/mol. The minimum Gasteiger partial charge on any atom is -0.489 e. The average Bonchev–Trinajstić information content (AvgIpc) is 2.72. The number of rotatable bonds is 1. The van der Waals surface area contributed by atoms with E-state index >= 15 is 0 Å². The minimum absolute atomic E-state index is 0.0771. The number of hydrogen-bond donors (Lipinski definition) is 0.